The summed E-state index contributed by atoms with van der Waals surface area (Å²) in [6.45, 7) is 10.9. The van der Waals surface area contributed by atoms with Crippen LogP contribution in [0.1, 0.15) is 43.9 Å². The molecule has 1 aromatic rings. The van der Waals surface area contributed by atoms with E-state index in [0.29, 0.717) is 5.56 Å². The number of hydrogen-bond acceptors (Lipinski definition) is 1. The largest absolute Gasteiger partial charge is 0.310 e. The van der Waals surface area contributed by atoms with E-state index in [4.69, 9.17) is 0 Å². The lowest BCUT2D eigenvalue weighted by atomic mass is 9.98. The second kappa shape index (κ2) is 6.55. The van der Waals surface area contributed by atoms with Gasteiger partial charge in [-0.15, -0.1) is 6.58 Å². The third-order valence-corrected chi connectivity index (χ3v) is 2.78. The predicted molar refractivity (Wildman–Crippen MR) is 71.6 cm³/mol. The van der Waals surface area contributed by atoms with Crippen LogP contribution >= 0.6 is 0 Å². The van der Waals surface area contributed by atoms with Crippen molar-refractivity contribution in [2.24, 2.45) is 0 Å². The van der Waals surface area contributed by atoms with Crippen LogP contribution in [0.3, 0.4) is 0 Å². The van der Waals surface area contributed by atoms with Gasteiger partial charge in [0.25, 0.3) is 0 Å². The molecule has 94 valence electrons. The summed E-state index contributed by atoms with van der Waals surface area (Å²) in [5.41, 5.74) is 2.98. The molecular weight excluding hydrogens is 213 g/mol. The van der Waals surface area contributed by atoms with Crippen LogP contribution in [-0.2, 0) is 0 Å². The number of benzene rings is 1. The average Bonchev–Trinajstić information content (AvgIpc) is 2.27. The van der Waals surface area contributed by atoms with Gasteiger partial charge in [0.15, 0.2) is 0 Å². The highest BCUT2D eigenvalue weighted by Gasteiger charge is 2.11. The highest BCUT2D eigenvalue weighted by atomic mass is 19.1. The van der Waals surface area contributed by atoms with Crippen molar-refractivity contribution in [3.63, 3.8) is 0 Å². The predicted octanol–water partition coefficient (Wildman–Crippen LogP) is 4.14. The molecule has 1 rings (SSSR count). The van der Waals surface area contributed by atoms with E-state index in [-0.39, 0.29) is 11.9 Å². The van der Waals surface area contributed by atoms with Crippen LogP contribution in [0.4, 0.5) is 4.39 Å². The zero-order valence-electron chi connectivity index (χ0n) is 11.0. The second-order valence-corrected chi connectivity index (χ2v) is 4.68. The minimum Gasteiger partial charge on any atom is -0.310 e. The summed E-state index contributed by atoms with van der Waals surface area (Å²) < 4.78 is 13.2. The fourth-order valence-electron chi connectivity index (χ4n) is 1.86. The Morgan fingerprint density at radius 2 is 2.18 bits per heavy atom. The van der Waals surface area contributed by atoms with Crippen molar-refractivity contribution in [3.8, 4) is 0 Å². The van der Waals surface area contributed by atoms with Crippen molar-refractivity contribution in [2.45, 2.75) is 39.7 Å². The van der Waals surface area contributed by atoms with Crippen molar-refractivity contribution >= 4 is 0 Å². The Hall–Kier alpha value is -1.15. The summed E-state index contributed by atoms with van der Waals surface area (Å²) >= 11 is 0. The van der Waals surface area contributed by atoms with Gasteiger partial charge in [-0.25, -0.2) is 4.39 Å². The molecule has 0 aliphatic heterocycles. The maximum absolute atomic E-state index is 13.2. The first-order chi connectivity index (χ1) is 8.04. The fraction of sp³-hybridized carbons (Fsp3) is 0.467. The molecule has 0 saturated heterocycles. The molecule has 0 bridgehead atoms. The van der Waals surface area contributed by atoms with Gasteiger partial charge in [0.1, 0.15) is 5.82 Å². The van der Waals surface area contributed by atoms with Gasteiger partial charge in [-0.1, -0.05) is 24.6 Å². The van der Waals surface area contributed by atoms with Gasteiger partial charge >= 0.3 is 0 Å². The Labute approximate surface area is 104 Å². The van der Waals surface area contributed by atoms with Gasteiger partial charge in [0.05, 0.1) is 0 Å². The lowest BCUT2D eigenvalue weighted by molar-refractivity contribution is 0.525. The lowest BCUT2D eigenvalue weighted by Crippen LogP contribution is -2.22. The van der Waals surface area contributed by atoms with E-state index < -0.39 is 0 Å². The van der Waals surface area contributed by atoms with Gasteiger partial charge in [-0.3, -0.25) is 0 Å². The van der Waals surface area contributed by atoms with Gasteiger partial charge in [-0.2, -0.15) is 0 Å². The summed E-state index contributed by atoms with van der Waals surface area (Å²) in [5.74, 6) is -0.140. The first-order valence-electron chi connectivity index (χ1n) is 6.18. The summed E-state index contributed by atoms with van der Waals surface area (Å²) in [6.07, 6.45) is 1.98. The van der Waals surface area contributed by atoms with E-state index in [1.165, 1.54) is 0 Å². The van der Waals surface area contributed by atoms with Crippen molar-refractivity contribution < 1.29 is 4.39 Å². The van der Waals surface area contributed by atoms with E-state index in [2.05, 4.69) is 18.8 Å². The molecule has 0 saturated carbocycles. The van der Waals surface area contributed by atoms with E-state index in [1.54, 1.807) is 13.0 Å². The highest BCUT2D eigenvalue weighted by Crippen LogP contribution is 2.22. The molecule has 0 heterocycles. The van der Waals surface area contributed by atoms with Gasteiger partial charge in [-0.05, 0) is 50.4 Å². The van der Waals surface area contributed by atoms with Crippen molar-refractivity contribution in [2.75, 3.05) is 6.54 Å². The Balaban J connectivity index is 2.86. The number of halogens is 1. The van der Waals surface area contributed by atoms with Crippen LogP contribution in [0, 0.1) is 12.7 Å². The fourth-order valence-corrected chi connectivity index (χ4v) is 1.86. The van der Waals surface area contributed by atoms with E-state index >= 15 is 0 Å². The second-order valence-electron chi connectivity index (χ2n) is 4.68. The van der Waals surface area contributed by atoms with Crippen molar-refractivity contribution in [3.05, 3.63) is 47.3 Å². The highest BCUT2D eigenvalue weighted by molar-refractivity contribution is 5.27. The van der Waals surface area contributed by atoms with E-state index in [1.807, 2.05) is 19.1 Å². The number of aryl methyl sites for hydroxylation is 1. The summed E-state index contributed by atoms with van der Waals surface area (Å²) in [4.78, 5) is 0. The monoisotopic (exact) mass is 235 g/mol. The number of hydrogen-bond donors (Lipinski definition) is 1. The lowest BCUT2D eigenvalue weighted by Gasteiger charge is -2.19. The molecule has 1 unspecified atom stereocenters. The minimum absolute atomic E-state index is 0.140. The summed E-state index contributed by atoms with van der Waals surface area (Å²) in [7, 11) is 0. The molecule has 1 N–H and O–H groups in total. The van der Waals surface area contributed by atoms with Crippen LogP contribution in [0.5, 0.6) is 0 Å². The molecular formula is C15H22FN. The Morgan fingerprint density at radius 3 is 2.71 bits per heavy atom. The average molecular weight is 235 g/mol. The standard InChI is InChI=1S/C15H22FN/c1-5-8-17-15(9-11(2)3)13-6-7-14(16)12(4)10-13/h6-7,10,15,17H,2,5,8-9H2,1,3-4H3. The molecule has 0 radical (unpaired) electrons. The Bertz CT molecular complexity index is 385. The Morgan fingerprint density at radius 1 is 1.47 bits per heavy atom. The van der Waals surface area contributed by atoms with E-state index in [9.17, 15) is 4.39 Å². The third kappa shape index (κ3) is 4.31. The van der Waals surface area contributed by atoms with Crippen LogP contribution < -0.4 is 5.32 Å². The normalized spacial score (nSPS) is 12.5. The quantitative estimate of drug-likeness (QED) is 0.731. The van der Waals surface area contributed by atoms with Gasteiger partial charge in [0.2, 0.25) is 0 Å². The zero-order chi connectivity index (χ0) is 12.8. The van der Waals surface area contributed by atoms with E-state index in [0.717, 1.165) is 30.5 Å². The number of rotatable bonds is 6. The van der Waals surface area contributed by atoms with Crippen LogP contribution in [0.2, 0.25) is 0 Å². The van der Waals surface area contributed by atoms with Crippen molar-refractivity contribution in [1.29, 1.82) is 0 Å². The first-order valence-corrected chi connectivity index (χ1v) is 6.18. The zero-order valence-corrected chi connectivity index (χ0v) is 11.0. The molecule has 17 heavy (non-hydrogen) atoms. The molecule has 0 amide bonds. The first kappa shape index (κ1) is 13.9. The maximum atomic E-state index is 13.2. The molecule has 0 fully saturated rings. The van der Waals surface area contributed by atoms with Crippen LogP contribution in [0.25, 0.3) is 0 Å². The molecule has 0 aliphatic rings. The Kier molecular flexibility index (Phi) is 5.36. The molecule has 0 aliphatic carbocycles. The molecule has 0 aromatic heterocycles. The number of nitrogens with one attached hydrogen (secondary N) is 1. The summed E-state index contributed by atoms with van der Waals surface area (Å²) in [5, 5.41) is 3.48. The van der Waals surface area contributed by atoms with Crippen molar-refractivity contribution in [1.82, 2.24) is 5.32 Å². The molecule has 1 atom stereocenters. The smallest absolute Gasteiger partial charge is 0.126 e. The minimum atomic E-state index is -0.140. The molecule has 1 aromatic carbocycles. The SMILES string of the molecule is C=C(C)CC(NCCC)c1ccc(F)c(C)c1. The van der Waals surface area contributed by atoms with Crippen LogP contribution in [0.15, 0.2) is 30.4 Å². The maximum Gasteiger partial charge on any atom is 0.126 e. The van der Waals surface area contributed by atoms with Gasteiger partial charge < -0.3 is 5.32 Å². The topological polar surface area (TPSA) is 12.0 Å². The van der Waals surface area contributed by atoms with Crippen LogP contribution in [-0.4, -0.2) is 6.54 Å². The van der Waals surface area contributed by atoms with Gasteiger partial charge in [0, 0.05) is 6.04 Å². The molecule has 1 nitrogen and oxygen atoms in total. The molecule has 2 heteroatoms. The summed E-state index contributed by atoms with van der Waals surface area (Å²) in [6, 6.07) is 5.57. The molecule has 0 spiro atoms. The third-order valence-electron chi connectivity index (χ3n) is 2.78.